The lowest BCUT2D eigenvalue weighted by molar-refractivity contribution is -0.384. The fourth-order valence-electron chi connectivity index (χ4n) is 3.71. The maximum Gasteiger partial charge on any atom is 0.270 e. The molecular formula is C23H15N3O4. The number of phenols is 2. The van der Waals surface area contributed by atoms with Crippen molar-refractivity contribution in [2.24, 2.45) is 0 Å². The molecule has 5 rings (SSSR count). The highest BCUT2D eigenvalue weighted by Gasteiger charge is 2.17. The quantitative estimate of drug-likeness (QED) is 0.249. The molecule has 0 aliphatic heterocycles. The van der Waals surface area contributed by atoms with Gasteiger partial charge in [-0.1, -0.05) is 30.3 Å². The number of hydrogen-bond donors (Lipinski definition) is 2. The van der Waals surface area contributed by atoms with E-state index >= 15 is 0 Å². The van der Waals surface area contributed by atoms with Gasteiger partial charge in [0.05, 0.1) is 16.1 Å². The molecule has 0 saturated heterocycles. The van der Waals surface area contributed by atoms with E-state index in [0.29, 0.717) is 27.7 Å². The molecular weight excluding hydrogens is 382 g/mol. The lowest BCUT2D eigenvalue weighted by Gasteiger charge is -2.15. The number of nitro groups is 1. The van der Waals surface area contributed by atoms with Gasteiger partial charge in [-0.25, -0.2) is 4.68 Å². The van der Waals surface area contributed by atoms with E-state index in [0.717, 1.165) is 10.8 Å². The molecule has 7 nitrogen and oxygen atoms in total. The molecule has 0 radical (unpaired) electrons. The zero-order valence-electron chi connectivity index (χ0n) is 15.6. The third kappa shape index (κ3) is 2.80. The molecule has 0 aliphatic rings. The van der Waals surface area contributed by atoms with Crippen LogP contribution in [0.15, 0.2) is 79.0 Å². The summed E-state index contributed by atoms with van der Waals surface area (Å²) in [4.78, 5) is 10.7. The SMILES string of the molecule is O=[N+]([O-])c1ccc2nn(-c3ccc4ccccc4c3-c3cc(O)ccc3O)cc2c1. The van der Waals surface area contributed by atoms with Gasteiger partial charge in [-0.3, -0.25) is 10.1 Å². The van der Waals surface area contributed by atoms with Crippen molar-refractivity contribution < 1.29 is 15.1 Å². The van der Waals surface area contributed by atoms with Crippen molar-refractivity contribution in [2.75, 3.05) is 0 Å². The molecule has 5 aromatic rings. The van der Waals surface area contributed by atoms with Crippen molar-refractivity contribution in [1.29, 1.82) is 0 Å². The van der Waals surface area contributed by atoms with Crippen molar-refractivity contribution in [3.63, 3.8) is 0 Å². The molecule has 0 unspecified atom stereocenters. The van der Waals surface area contributed by atoms with Gasteiger partial charge in [-0.2, -0.15) is 5.10 Å². The number of hydrogen-bond acceptors (Lipinski definition) is 5. The first-order valence-electron chi connectivity index (χ1n) is 9.19. The molecule has 0 spiro atoms. The number of benzene rings is 4. The molecule has 2 N–H and O–H groups in total. The second-order valence-corrected chi connectivity index (χ2v) is 6.96. The van der Waals surface area contributed by atoms with E-state index in [4.69, 9.17) is 0 Å². The van der Waals surface area contributed by atoms with Gasteiger partial charge in [0.2, 0.25) is 0 Å². The number of fused-ring (bicyclic) bond motifs is 2. The minimum atomic E-state index is -0.441. The average Bonchev–Trinajstić information content (AvgIpc) is 3.18. The lowest BCUT2D eigenvalue weighted by Crippen LogP contribution is -1.98. The zero-order chi connectivity index (χ0) is 20.8. The molecule has 0 fully saturated rings. The molecule has 0 atom stereocenters. The van der Waals surface area contributed by atoms with Crippen LogP contribution in [0.2, 0.25) is 0 Å². The zero-order valence-corrected chi connectivity index (χ0v) is 15.6. The number of aromatic nitrogens is 2. The fourth-order valence-corrected chi connectivity index (χ4v) is 3.71. The van der Waals surface area contributed by atoms with E-state index in [9.17, 15) is 20.3 Å². The Morgan fingerprint density at radius 1 is 0.900 bits per heavy atom. The maximum absolute atomic E-state index is 11.1. The number of non-ortho nitro benzene ring substituents is 1. The summed E-state index contributed by atoms with van der Waals surface area (Å²) in [5.41, 5.74) is 2.44. The van der Waals surface area contributed by atoms with E-state index in [-0.39, 0.29) is 17.2 Å². The van der Waals surface area contributed by atoms with Crippen LogP contribution < -0.4 is 0 Å². The summed E-state index contributed by atoms with van der Waals surface area (Å²) in [6, 6.07) is 20.4. The molecule has 4 aromatic carbocycles. The summed E-state index contributed by atoms with van der Waals surface area (Å²) in [5, 5.41) is 38.7. The third-order valence-corrected chi connectivity index (χ3v) is 5.10. The van der Waals surface area contributed by atoms with Crippen LogP contribution in [-0.2, 0) is 0 Å². The van der Waals surface area contributed by atoms with Gasteiger partial charge >= 0.3 is 0 Å². The number of phenolic OH excluding ortho intramolecular Hbond substituents is 2. The molecule has 0 aliphatic carbocycles. The first-order valence-corrected chi connectivity index (χ1v) is 9.19. The Morgan fingerprint density at radius 3 is 2.57 bits per heavy atom. The highest BCUT2D eigenvalue weighted by atomic mass is 16.6. The van der Waals surface area contributed by atoms with Gasteiger partial charge in [0.25, 0.3) is 5.69 Å². The number of nitro benzene ring substituents is 1. The van der Waals surface area contributed by atoms with Crippen molar-refractivity contribution in [3.05, 3.63) is 89.1 Å². The van der Waals surface area contributed by atoms with Crippen LogP contribution in [0, 0.1) is 10.1 Å². The van der Waals surface area contributed by atoms with Crippen molar-refractivity contribution in [1.82, 2.24) is 9.78 Å². The summed E-state index contributed by atoms with van der Waals surface area (Å²) in [7, 11) is 0. The maximum atomic E-state index is 11.1. The van der Waals surface area contributed by atoms with E-state index in [1.165, 1.54) is 30.3 Å². The van der Waals surface area contributed by atoms with Gasteiger partial charge in [-0.15, -0.1) is 0 Å². The Morgan fingerprint density at radius 2 is 1.73 bits per heavy atom. The molecule has 146 valence electrons. The third-order valence-electron chi connectivity index (χ3n) is 5.10. The molecule has 30 heavy (non-hydrogen) atoms. The Bertz CT molecular complexity index is 1460. The fraction of sp³-hybridized carbons (Fsp3) is 0. The Kier molecular flexibility index (Phi) is 3.89. The number of nitrogens with zero attached hydrogens (tertiary/aromatic N) is 3. The topological polar surface area (TPSA) is 101 Å². The highest BCUT2D eigenvalue weighted by Crippen LogP contribution is 2.40. The van der Waals surface area contributed by atoms with Crippen LogP contribution in [0.5, 0.6) is 11.5 Å². The summed E-state index contributed by atoms with van der Waals surface area (Å²) >= 11 is 0. The predicted octanol–water partition coefficient (Wildman–Crippen LogP) is 5.17. The molecule has 1 heterocycles. The molecule has 0 saturated carbocycles. The van der Waals surface area contributed by atoms with Crippen molar-refractivity contribution >= 4 is 27.4 Å². The van der Waals surface area contributed by atoms with E-state index in [1.807, 2.05) is 36.4 Å². The Hall–Kier alpha value is -4.39. The first kappa shape index (κ1) is 17.7. The van der Waals surface area contributed by atoms with Crippen molar-refractivity contribution in [3.8, 4) is 28.3 Å². The van der Waals surface area contributed by atoms with Gasteiger partial charge in [-0.05, 0) is 41.1 Å². The normalized spacial score (nSPS) is 11.2. The second-order valence-electron chi connectivity index (χ2n) is 6.96. The molecule has 7 heteroatoms. The highest BCUT2D eigenvalue weighted by molar-refractivity contribution is 6.02. The van der Waals surface area contributed by atoms with E-state index < -0.39 is 4.92 Å². The van der Waals surface area contributed by atoms with Crippen molar-refractivity contribution in [2.45, 2.75) is 0 Å². The van der Waals surface area contributed by atoms with E-state index in [1.54, 1.807) is 16.9 Å². The van der Waals surface area contributed by atoms with Gasteiger partial charge in [0, 0.05) is 34.8 Å². The largest absolute Gasteiger partial charge is 0.508 e. The van der Waals surface area contributed by atoms with E-state index in [2.05, 4.69) is 5.10 Å². The standard InChI is InChI=1S/C23H15N3O4/c27-17-7-10-22(28)19(12-17)23-18-4-2-1-3-14(18)5-9-21(23)25-13-15-11-16(26(29)30)6-8-20(15)24-25/h1-13,27-28H. The Labute approximate surface area is 170 Å². The van der Waals surface area contributed by atoms with Crippen LogP contribution >= 0.6 is 0 Å². The minimum absolute atomic E-state index is 0.00795. The van der Waals surface area contributed by atoms with Crippen LogP contribution in [-0.4, -0.2) is 24.9 Å². The number of rotatable bonds is 3. The van der Waals surface area contributed by atoms with Crippen LogP contribution in [0.1, 0.15) is 0 Å². The minimum Gasteiger partial charge on any atom is -0.508 e. The molecule has 0 amide bonds. The van der Waals surface area contributed by atoms with Gasteiger partial charge < -0.3 is 10.2 Å². The van der Waals surface area contributed by atoms with Gasteiger partial charge in [0.1, 0.15) is 11.5 Å². The van der Waals surface area contributed by atoms with Gasteiger partial charge in [0.15, 0.2) is 0 Å². The predicted molar refractivity (Wildman–Crippen MR) is 114 cm³/mol. The number of aromatic hydroxyl groups is 2. The molecule has 0 bridgehead atoms. The molecule has 1 aromatic heterocycles. The van der Waals surface area contributed by atoms with Crippen LogP contribution in [0.3, 0.4) is 0 Å². The average molecular weight is 397 g/mol. The smallest absolute Gasteiger partial charge is 0.270 e. The monoisotopic (exact) mass is 397 g/mol. The summed E-state index contributed by atoms with van der Waals surface area (Å²) in [6.07, 6.45) is 1.72. The van der Waals surface area contributed by atoms with Crippen LogP contribution in [0.4, 0.5) is 5.69 Å². The second kappa shape index (κ2) is 6.59. The summed E-state index contributed by atoms with van der Waals surface area (Å²) in [6.45, 7) is 0. The summed E-state index contributed by atoms with van der Waals surface area (Å²) in [5.74, 6) is 0.0562. The summed E-state index contributed by atoms with van der Waals surface area (Å²) < 4.78 is 1.64. The lowest BCUT2D eigenvalue weighted by atomic mass is 9.95. The van der Waals surface area contributed by atoms with Crippen LogP contribution in [0.25, 0.3) is 38.5 Å². The first-order chi connectivity index (χ1) is 14.5. The Balaban J connectivity index is 1.82.